The molecule has 1 atom stereocenters. The normalized spacial score (nSPS) is 12.6. The van der Waals surface area contributed by atoms with Gasteiger partial charge in [-0.05, 0) is 41.8 Å². The number of nitrogens with one attached hydrogen (secondary N) is 2. The standard InChI is InChI=1S/C23H30FN3O4S/c1-5-27(6-2)32(30,31)20-9-7-8-18(14-20)22(28)26-21(16(3)4)23(29)25-15-17-10-12-19(24)13-11-17/h7-14,16,21H,5-6,15H2,1-4H3,(H,25,29)(H,26,28)/t21-/m1/s1. The smallest absolute Gasteiger partial charge is 0.251 e. The topological polar surface area (TPSA) is 95.6 Å². The molecule has 0 aromatic heterocycles. The van der Waals surface area contributed by atoms with Crippen LogP contribution in [0.5, 0.6) is 0 Å². The number of rotatable bonds is 10. The molecular formula is C23H30FN3O4S. The van der Waals surface area contributed by atoms with Crippen LogP contribution >= 0.6 is 0 Å². The Morgan fingerprint density at radius 3 is 2.22 bits per heavy atom. The van der Waals surface area contributed by atoms with E-state index in [1.807, 2.05) is 0 Å². The number of nitrogens with zero attached hydrogens (tertiary/aromatic N) is 1. The Balaban J connectivity index is 2.14. The van der Waals surface area contributed by atoms with E-state index >= 15 is 0 Å². The molecule has 0 radical (unpaired) electrons. The van der Waals surface area contributed by atoms with Crippen LogP contribution in [0.15, 0.2) is 53.4 Å². The lowest BCUT2D eigenvalue weighted by atomic mass is 10.0. The molecule has 0 aliphatic heterocycles. The summed E-state index contributed by atoms with van der Waals surface area (Å²) in [6.45, 7) is 7.91. The van der Waals surface area contributed by atoms with Crippen LogP contribution < -0.4 is 10.6 Å². The zero-order valence-electron chi connectivity index (χ0n) is 18.8. The van der Waals surface area contributed by atoms with Gasteiger partial charge in [-0.3, -0.25) is 9.59 Å². The third-order valence-electron chi connectivity index (χ3n) is 5.06. The second-order valence-electron chi connectivity index (χ2n) is 7.66. The van der Waals surface area contributed by atoms with Crippen LogP contribution in [0.1, 0.15) is 43.6 Å². The zero-order chi connectivity index (χ0) is 23.9. The lowest BCUT2D eigenvalue weighted by molar-refractivity contribution is -0.124. The molecule has 0 spiro atoms. The monoisotopic (exact) mass is 463 g/mol. The summed E-state index contributed by atoms with van der Waals surface area (Å²) < 4.78 is 39.9. The molecule has 0 saturated heterocycles. The highest BCUT2D eigenvalue weighted by Gasteiger charge is 2.26. The van der Waals surface area contributed by atoms with E-state index in [-0.39, 0.29) is 34.6 Å². The molecule has 32 heavy (non-hydrogen) atoms. The molecule has 0 fully saturated rings. The van der Waals surface area contributed by atoms with E-state index in [9.17, 15) is 22.4 Å². The highest BCUT2D eigenvalue weighted by atomic mass is 32.2. The van der Waals surface area contributed by atoms with Crippen LogP contribution in [0.25, 0.3) is 0 Å². The molecule has 2 aromatic rings. The molecule has 7 nitrogen and oxygen atoms in total. The number of carbonyl (C=O) groups is 2. The van der Waals surface area contributed by atoms with Gasteiger partial charge in [0.25, 0.3) is 5.91 Å². The lowest BCUT2D eigenvalue weighted by Gasteiger charge is -2.22. The van der Waals surface area contributed by atoms with E-state index in [1.54, 1.807) is 39.8 Å². The molecular weight excluding hydrogens is 433 g/mol. The van der Waals surface area contributed by atoms with Crippen LogP contribution in [-0.4, -0.2) is 43.7 Å². The third-order valence-corrected chi connectivity index (χ3v) is 7.10. The van der Waals surface area contributed by atoms with Gasteiger partial charge in [-0.25, -0.2) is 12.8 Å². The van der Waals surface area contributed by atoms with Gasteiger partial charge in [0, 0.05) is 25.2 Å². The SMILES string of the molecule is CCN(CC)S(=O)(=O)c1cccc(C(=O)N[C@@H](C(=O)NCc2ccc(F)cc2)C(C)C)c1. The fourth-order valence-corrected chi connectivity index (χ4v) is 4.68. The minimum Gasteiger partial charge on any atom is -0.350 e. The van der Waals surface area contributed by atoms with Crippen molar-refractivity contribution >= 4 is 21.8 Å². The van der Waals surface area contributed by atoms with Gasteiger partial charge < -0.3 is 10.6 Å². The van der Waals surface area contributed by atoms with E-state index in [1.165, 1.54) is 40.7 Å². The largest absolute Gasteiger partial charge is 0.350 e. The first-order valence-electron chi connectivity index (χ1n) is 10.5. The van der Waals surface area contributed by atoms with Gasteiger partial charge in [-0.15, -0.1) is 0 Å². The summed E-state index contributed by atoms with van der Waals surface area (Å²) in [5.74, 6) is -1.51. The quantitative estimate of drug-likeness (QED) is 0.566. The minimum absolute atomic E-state index is 0.0238. The summed E-state index contributed by atoms with van der Waals surface area (Å²) in [7, 11) is -3.71. The fourth-order valence-electron chi connectivity index (χ4n) is 3.17. The van der Waals surface area contributed by atoms with Crippen molar-refractivity contribution in [2.45, 2.75) is 45.2 Å². The number of carbonyl (C=O) groups excluding carboxylic acids is 2. The zero-order valence-corrected chi connectivity index (χ0v) is 19.6. The summed E-state index contributed by atoms with van der Waals surface area (Å²) in [6, 6.07) is 10.7. The van der Waals surface area contributed by atoms with Crippen molar-refractivity contribution in [3.05, 3.63) is 65.5 Å². The Morgan fingerprint density at radius 2 is 1.66 bits per heavy atom. The predicted octanol–water partition coefficient (Wildman–Crippen LogP) is 2.93. The fraction of sp³-hybridized carbons (Fsp3) is 0.391. The highest BCUT2D eigenvalue weighted by molar-refractivity contribution is 7.89. The molecule has 2 aromatic carbocycles. The van der Waals surface area contributed by atoms with Crippen LogP contribution in [0.3, 0.4) is 0 Å². The number of sulfonamides is 1. The Morgan fingerprint density at radius 1 is 1.03 bits per heavy atom. The summed E-state index contributed by atoms with van der Waals surface area (Å²) in [4.78, 5) is 25.5. The van der Waals surface area contributed by atoms with Crippen molar-refractivity contribution in [3.63, 3.8) is 0 Å². The van der Waals surface area contributed by atoms with Gasteiger partial charge >= 0.3 is 0 Å². The summed E-state index contributed by atoms with van der Waals surface area (Å²) in [5.41, 5.74) is 0.873. The highest BCUT2D eigenvalue weighted by Crippen LogP contribution is 2.17. The molecule has 0 unspecified atom stereocenters. The second kappa shape index (κ2) is 11.2. The van der Waals surface area contributed by atoms with Crippen LogP contribution in [0, 0.1) is 11.7 Å². The van der Waals surface area contributed by atoms with Crippen molar-refractivity contribution in [1.29, 1.82) is 0 Å². The first-order valence-corrected chi connectivity index (χ1v) is 12.0. The third kappa shape index (κ3) is 6.37. The number of benzene rings is 2. The second-order valence-corrected chi connectivity index (χ2v) is 9.59. The molecule has 2 N–H and O–H groups in total. The summed E-state index contributed by atoms with van der Waals surface area (Å²) >= 11 is 0. The van der Waals surface area contributed by atoms with Gasteiger partial charge in [0.15, 0.2) is 0 Å². The van der Waals surface area contributed by atoms with E-state index in [4.69, 9.17) is 0 Å². The summed E-state index contributed by atoms with van der Waals surface area (Å²) in [6.07, 6.45) is 0. The molecule has 174 valence electrons. The number of halogens is 1. The van der Waals surface area contributed by atoms with Crippen molar-refractivity contribution < 1.29 is 22.4 Å². The molecule has 2 amide bonds. The maximum atomic E-state index is 13.0. The molecule has 0 aliphatic carbocycles. The molecule has 0 saturated carbocycles. The average molecular weight is 464 g/mol. The van der Waals surface area contributed by atoms with Gasteiger partial charge in [-0.2, -0.15) is 4.31 Å². The maximum Gasteiger partial charge on any atom is 0.251 e. The van der Waals surface area contributed by atoms with Crippen molar-refractivity contribution in [2.24, 2.45) is 5.92 Å². The lowest BCUT2D eigenvalue weighted by Crippen LogP contribution is -2.49. The van der Waals surface area contributed by atoms with E-state index in [0.29, 0.717) is 13.1 Å². The van der Waals surface area contributed by atoms with Gasteiger partial charge in [0.1, 0.15) is 11.9 Å². The van der Waals surface area contributed by atoms with E-state index < -0.39 is 22.0 Å². The molecule has 0 heterocycles. The summed E-state index contributed by atoms with van der Waals surface area (Å²) in [5, 5.41) is 5.44. The van der Waals surface area contributed by atoms with Crippen molar-refractivity contribution in [1.82, 2.24) is 14.9 Å². The Bertz CT molecular complexity index is 1040. The van der Waals surface area contributed by atoms with Crippen LogP contribution in [-0.2, 0) is 21.4 Å². The van der Waals surface area contributed by atoms with Gasteiger partial charge in [0.2, 0.25) is 15.9 Å². The van der Waals surface area contributed by atoms with Crippen LogP contribution in [0.2, 0.25) is 0 Å². The minimum atomic E-state index is -3.71. The molecule has 2 rings (SSSR count). The number of hydrogen-bond acceptors (Lipinski definition) is 4. The van der Waals surface area contributed by atoms with Crippen molar-refractivity contribution in [2.75, 3.05) is 13.1 Å². The van der Waals surface area contributed by atoms with Gasteiger partial charge in [-0.1, -0.05) is 45.9 Å². The Hall–Kier alpha value is -2.78. The predicted molar refractivity (Wildman–Crippen MR) is 121 cm³/mol. The van der Waals surface area contributed by atoms with Gasteiger partial charge in [0.05, 0.1) is 4.90 Å². The molecule has 0 aliphatic rings. The first kappa shape index (κ1) is 25.5. The average Bonchev–Trinajstić information content (AvgIpc) is 2.77. The first-order chi connectivity index (χ1) is 15.1. The Kier molecular flexibility index (Phi) is 8.91. The molecule has 9 heteroatoms. The number of amides is 2. The van der Waals surface area contributed by atoms with E-state index in [0.717, 1.165) is 5.56 Å². The molecule has 0 bridgehead atoms. The maximum absolute atomic E-state index is 13.0. The Labute approximate surface area is 189 Å². The van der Waals surface area contributed by atoms with Crippen LogP contribution in [0.4, 0.5) is 4.39 Å². The van der Waals surface area contributed by atoms with Crippen molar-refractivity contribution in [3.8, 4) is 0 Å². The number of hydrogen-bond donors (Lipinski definition) is 2. The van der Waals surface area contributed by atoms with E-state index in [2.05, 4.69) is 10.6 Å².